The van der Waals surface area contributed by atoms with E-state index in [0.717, 1.165) is 12.5 Å². The van der Waals surface area contributed by atoms with Crippen molar-refractivity contribution in [1.29, 1.82) is 0 Å². The van der Waals surface area contributed by atoms with Crippen LogP contribution in [0.15, 0.2) is 0 Å². The topological polar surface area (TPSA) is 12.5 Å². The van der Waals surface area contributed by atoms with E-state index in [4.69, 9.17) is 4.74 Å². The van der Waals surface area contributed by atoms with E-state index in [9.17, 15) is 0 Å². The normalized spacial score (nSPS) is 24.3. The quantitative estimate of drug-likeness (QED) is 0.727. The molecule has 2 heteroatoms. The van der Waals surface area contributed by atoms with Crippen LogP contribution in [0.3, 0.4) is 0 Å². The van der Waals surface area contributed by atoms with Crippen molar-refractivity contribution in [2.45, 2.75) is 79.2 Å². The summed E-state index contributed by atoms with van der Waals surface area (Å²) in [6.07, 6.45) is 6.91. The highest BCUT2D eigenvalue weighted by Crippen LogP contribution is 2.47. The molecule has 21 heavy (non-hydrogen) atoms. The Bertz CT molecular complexity index is 324. The second kappa shape index (κ2) is 6.20. The number of ether oxygens (including phenoxy) is 1. The van der Waals surface area contributed by atoms with E-state index in [0.29, 0.717) is 10.8 Å². The third kappa shape index (κ3) is 6.28. The first-order valence-corrected chi connectivity index (χ1v) is 8.93. The number of likely N-dealkylation sites (tertiary alicyclic amines) is 1. The lowest BCUT2D eigenvalue weighted by atomic mass is 9.80. The molecule has 0 amide bonds. The first-order chi connectivity index (χ1) is 9.57. The Kier molecular flexibility index (Phi) is 5.10. The third-order valence-electron chi connectivity index (χ3n) is 4.94. The lowest BCUT2D eigenvalue weighted by Gasteiger charge is -2.37. The molecule has 0 spiro atoms. The molecule has 0 aromatic heterocycles. The predicted molar refractivity (Wildman–Crippen MR) is 90.6 cm³/mol. The van der Waals surface area contributed by atoms with Crippen LogP contribution in [0.5, 0.6) is 0 Å². The Morgan fingerprint density at radius 2 is 1.57 bits per heavy atom. The van der Waals surface area contributed by atoms with Gasteiger partial charge in [0.1, 0.15) is 0 Å². The minimum atomic E-state index is 0.00922. The van der Waals surface area contributed by atoms with Crippen molar-refractivity contribution in [1.82, 2.24) is 4.90 Å². The van der Waals surface area contributed by atoms with Crippen LogP contribution in [0, 0.1) is 16.7 Å². The molecule has 124 valence electrons. The van der Waals surface area contributed by atoms with Gasteiger partial charge in [0.2, 0.25) is 0 Å². The van der Waals surface area contributed by atoms with Crippen molar-refractivity contribution in [3.8, 4) is 0 Å². The van der Waals surface area contributed by atoms with Gasteiger partial charge in [-0.25, -0.2) is 0 Å². The Balaban J connectivity index is 1.71. The maximum Gasteiger partial charge on any atom is 0.0598 e. The SMILES string of the molecule is CC(C)(C)CC1CCN(CC2(COC(C)(C)C)CC2)CC1. The fourth-order valence-electron chi connectivity index (χ4n) is 3.58. The molecule has 0 bridgehead atoms. The molecule has 1 saturated carbocycles. The van der Waals surface area contributed by atoms with E-state index in [-0.39, 0.29) is 5.60 Å². The molecule has 0 atom stereocenters. The zero-order valence-electron chi connectivity index (χ0n) is 15.3. The Morgan fingerprint density at radius 3 is 2.00 bits per heavy atom. The van der Waals surface area contributed by atoms with Crippen LogP contribution < -0.4 is 0 Å². The van der Waals surface area contributed by atoms with Gasteiger partial charge < -0.3 is 9.64 Å². The lowest BCUT2D eigenvalue weighted by molar-refractivity contribution is -0.0358. The van der Waals surface area contributed by atoms with Crippen LogP contribution in [0.1, 0.15) is 73.6 Å². The molecule has 1 aliphatic carbocycles. The fourth-order valence-corrected chi connectivity index (χ4v) is 3.58. The van der Waals surface area contributed by atoms with Crippen molar-refractivity contribution in [2.75, 3.05) is 26.2 Å². The van der Waals surface area contributed by atoms with Crippen LogP contribution in [0.2, 0.25) is 0 Å². The van der Waals surface area contributed by atoms with Crippen molar-refractivity contribution in [2.24, 2.45) is 16.7 Å². The van der Waals surface area contributed by atoms with Crippen LogP contribution in [0.25, 0.3) is 0 Å². The number of rotatable bonds is 5. The summed E-state index contributed by atoms with van der Waals surface area (Å²) in [5.41, 5.74) is 0.991. The number of hydrogen-bond acceptors (Lipinski definition) is 2. The molecule has 2 nitrogen and oxygen atoms in total. The summed E-state index contributed by atoms with van der Waals surface area (Å²) in [4.78, 5) is 2.71. The second-order valence-corrected chi connectivity index (χ2v) is 9.89. The molecule has 0 N–H and O–H groups in total. The summed E-state index contributed by atoms with van der Waals surface area (Å²) in [6.45, 7) is 18.5. The Labute approximate surface area is 132 Å². The molecule has 1 aliphatic heterocycles. The van der Waals surface area contributed by atoms with E-state index in [1.54, 1.807) is 0 Å². The zero-order chi connectivity index (χ0) is 15.7. The molecular formula is C19H37NO. The van der Waals surface area contributed by atoms with Crippen molar-refractivity contribution >= 4 is 0 Å². The monoisotopic (exact) mass is 295 g/mol. The largest absolute Gasteiger partial charge is 0.375 e. The van der Waals surface area contributed by atoms with Gasteiger partial charge in [-0.2, -0.15) is 0 Å². The van der Waals surface area contributed by atoms with E-state index >= 15 is 0 Å². The first-order valence-electron chi connectivity index (χ1n) is 8.93. The fraction of sp³-hybridized carbons (Fsp3) is 1.00. The Hall–Kier alpha value is -0.0800. The molecule has 1 saturated heterocycles. The van der Waals surface area contributed by atoms with Crippen LogP contribution in [-0.4, -0.2) is 36.7 Å². The van der Waals surface area contributed by atoms with Gasteiger partial charge in [-0.1, -0.05) is 20.8 Å². The summed E-state index contributed by atoms with van der Waals surface area (Å²) < 4.78 is 6.06. The minimum Gasteiger partial charge on any atom is -0.375 e. The van der Waals surface area contributed by atoms with Gasteiger partial charge in [0, 0.05) is 12.0 Å². The molecule has 1 heterocycles. The first kappa shape index (κ1) is 17.3. The van der Waals surface area contributed by atoms with Crippen molar-refractivity contribution < 1.29 is 4.74 Å². The van der Waals surface area contributed by atoms with Crippen molar-refractivity contribution in [3.05, 3.63) is 0 Å². The van der Waals surface area contributed by atoms with Crippen LogP contribution in [0.4, 0.5) is 0 Å². The smallest absolute Gasteiger partial charge is 0.0598 e. The summed E-state index contributed by atoms with van der Waals surface area (Å²) in [5.74, 6) is 0.947. The maximum absolute atomic E-state index is 6.06. The molecular weight excluding hydrogens is 258 g/mol. The van der Waals surface area contributed by atoms with E-state index in [2.05, 4.69) is 46.4 Å². The van der Waals surface area contributed by atoms with Crippen LogP contribution >= 0.6 is 0 Å². The van der Waals surface area contributed by atoms with Gasteiger partial charge in [-0.3, -0.25) is 0 Å². The standard InChI is InChI=1S/C19H37NO/c1-17(2,3)13-16-7-11-20(12-8-16)14-19(9-10-19)15-21-18(4,5)6/h16H,7-15H2,1-6H3. The minimum absolute atomic E-state index is 0.00922. The number of piperidine rings is 1. The summed E-state index contributed by atoms with van der Waals surface area (Å²) in [6, 6.07) is 0. The average molecular weight is 296 g/mol. The molecule has 2 rings (SSSR count). The second-order valence-electron chi connectivity index (χ2n) is 9.89. The van der Waals surface area contributed by atoms with E-state index < -0.39 is 0 Å². The van der Waals surface area contributed by atoms with Crippen LogP contribution in [-0.2, 0) is 4.74 Å². The molecule has 0 aromatic carbocycles. The van der Waals surface area contributed by atoms with E-state index in [1.807, 2.05) is 0 Å². The predicted octanol–water partition coefficient (Wildman–Crippen LogP) is 4.73. The molecule has 2 aliphatic rings. The Morgan fingerprint density at radius 1 is 1.00 bits per heavy atom. The highest BCUT2D eigenvalue weighted by Gasteiger charge is 2.45. The van der Waals surface area contributed by atoms with Gasteiger partial charge in [0.25, 0.3) is 0 Å². The van der Waals surface area contributed by atoms with Crippen molar-refractivity contribution in [3.63, 3.8) is 0 Å². The summed E-state index contributed by atoms with van der Waals surface area (Å²) in [5, 5.41) is 0. The summed E-state index contributed by atoms with van der Waals surface area (Å²) in [7, 11) is 0. The lowest BCUT2D eigenvalue weighted by Crippen LogP contribution is -2.40. The number of hydrogen-bond donors (Lipinski definition) is 0. The third-order valence-corrected chi connectivity index (χ3v) is 4.94. The maximum atomic E-state index is 6.06. The highest BCUT2D eigenvalue weighted by atomic mass is 16.5. The van der Waals surface area contributed by atoms with Gasteiger partial charge in [-0.15, -0.1) is 0 Å². The van der Waals surface area contributed by atoms with Gasteiger partial charge in [0.05, 0.1) is 12.2 Å². The zero-order valence-corrected chi connectivity index (χ0v) is 15.3. The van der Waals surface area contributed by atoms with Gasteiger partial charge >= 0.3 is 0 Å². The van der Waals surface area contributed by atoms with Gasteiger partial charge in [-0.05, 0) is 77.3 Å². The molecule has 0 unspecified atom stereocenters. The average Bonchev–Trinajstić information content (AvgIpc) is 3.07. The highest BCUT2D eigenvalue weighted by molar-refractivity contribution is 4.96. The molecule has 0 aromatic rings. The van der Waals surface area contributed by atoms with E-state index in [1.165, 1.54) is 51.7 Å². The molecule has 0 radical (unpaired) electrons. The molecule has 2 fully saturated rings. The summed E-state index contributed by atoms with van der Waals surface area (Å²) >= 11 is 0. The number of nitrogens with zero attached hydrogens (tertiary/aromatic N) is 1. The van der Waals surface area contributed by atoms with Gasteiger partial charge in [0.15, 0.2) is 0 Å².